The predicted molar refractivity (Wildman–Crippen MR) is 78.5 cm³/mol. The third-order valence-corrected chi connectivity index (χ3v) is 3.22. The van der Waals surface area contributed by atoms with Gasteiger partial charge < -0.3 is 10.5 Å². The summed E-state index contributed by atoms with van der Waals surface area (Å²) in [5.74, 6) is 1.14. The smallest absolute Gasteiger partial charge is 0.155 e. The van der Waals surface area contributed by atoms with Crippen molar-refractivity contribution >= 4 is 16.6 Å². The van der Waals surface area contributed by atoms with E-state index in [9.17, 15) is 0 Å². The maximum absolute atomic E-state index is 5.85. The third kappa shape index (κ3) is 1.93. The van der Waals surface area contributed by atoms with Gasteiger partial charge in [-0.2, -0.15) is 0 Å². The Bertz CT molecular complexity index is 786. The number of hydrogen-bond donors (Lipinski definition) is 1. The average molecular weight is 266 g/mol. The minimum absolute atomic E-state index is 0.378. The fourth-order valence-corrected chi connectivity index (χ4v) is 2.21. The highest BCUT2D eigenvalue weighted by molar-refractivity contribution is 5.99. The number of anilines is 1. The number of nitrogen functional groups attached to an aromatic ring is 1. The minimum atomic E-state index is 0.378. The molecular formula is C15H14N4O. The number of fused-ring (bicyclic) bond motifs is 1. The van der Waals surface area contributed by atoms with Crippen LogP contribution in [-0.2, 0) is 0 Å². The second kappa shape index (κ2) is 4.77. The van der Waals surface area contributed by atoms with Crippen molar-refractivity contribution in [3.63, 3.8) is 0 Å². The molecule has 5 heteroatoms. The summed E-state index contributed by atoms with van der Waals surface area (Å²) in [6.07, 6.45) is 3.41. The lowest BCUT2D eigenvalue weighted by Gasteiger charge is -2.11. The summed E-state index contributed by atoms with van der Waals surface area (Å²) in [5, 5.41) is 9.95. The number of hydrogen-bond acceptors (Lipinski definition) is 5. The van der Waals surface area contributed by atoms with Gasteiger partial charge in [-0.1, -0.05) is 6.07 Å². The highest BCUT2D eigenvalue weighted by Crippen LogP contribution is 2.34. The van der Waals surface area contributed by atoms with E-state index in [-0.39, 0.29) is 0 Å². The van der Waals surface area contributed by atoms with Crippen molar-refractivity contribution in [3.8, 4) is 17.0 Å². The van der Waals surface area contributed by atoms with Gasteiger partial charge in [-0.3, -0.25) is 4.98 Å². The zero-order valence-electron chi connectivity index (χ0n) is 11.3. The molecule has 0 saturated heterocycles. The monoisotopic (exact) mass is 266 g/mol. The summed E-state index contributed by atoms with van der Waals surface area (Å²) < 4.78 is 5.45. The van der Waals surface area contributed by atoms with E-state index in [1.807, 2.05) is 31.2 Å². The molecule has 0 spiro atoms. The molecule has 3 rings (SSSR count). The first-order chi connectivity index (χ1) is 9.70. The Morgan fingerprint density at radius 1 is 1.10 bits per heavy atom. The van der Waals surface area contributed by atoms with Gasteiger partial charge in [0.1, 0.15) is 11.4 Å². The lowest BCUT2D eigenvalue weighted by molar-refractivity contribution is 0.416. The van der Waals surface area contributed by atoms with Crippen LogP contribution in [0.1, 0.15) is 5.56 Å². The van der Waals surface area contributed by atoms with Crippen LogP contribution in [0.25, 0.3) is 22.0 Å². The fourth-order valence-electron chi connectivity index (χ4n) is 2.21. The predicted octanol–water partition coefficient (Wildman–Crippen LogP) is 2.59. The maximum Gasteiger partial charge on any atom is 0.155 e. The first-order valence-electron chi connectivity index (χ1n) is 6.21. The quantitative estimate of drug-likeness (QED) is 0.771. The van der Waals surface area contributed by atoms with E-state index in [0.717, 1.165) is 33.3 Å². The number of nitrogens with zero attached hydrogens (tertiary/aromatic N) is 3. The van der Waals surface area contributed by atoms with Gasteiger partial charge in [-0.15, -0.1) is 10.2 Å². The van der Waals surface area contributed by atoms with Crippen molar-refractivity contribution in [2.45, 2.75) is 6.92 Å². The zero-order chi connectivity index (χ0) is 14.1. The van der Waals surface area contributed by atoms with Crippen LogP contribution < -0.4 is 10.5 Å². The second-order valence-electron chi connectivity index (χ2n) is 4.56. The van der Waals surface area contributed by atoms with Crippen molar-refractivity contribution in [2.75, 3.05) is 12.8 Å². The van der Waals surface area contributed by atoms with Crippen LogP contribution >= 0.6 is 0 Å². The van der Waals surface area contributed by atoms with Crippen LogP contribution in [0, 0.1) is 6.92 Å². The lowest BCUT2D eigenvalue weighted by Crippen LogP contribution is -1.99. The van der Waals surface area contributed by atoms with Gasteiger partial charge in [0.05, 0.1) is 7.11 Å². The molecule has 0 fully saturated rings. The molecule has 0 aliphatic heterocycles. The molecule has 1 aromatic carbocycles. The first kappa shape index (κ1) is 12.3. The first-order valence-corrected chi connectivity index (χ1v) is 6.21. The standard InChI is InChI=1S/C15H14N4O/c1-9-3-4-11(13(7-9)20-2)14-10-5-6-17-8-12(10)15(16)19-18-14/h3-8H,1-2H3,(H2,16,19). The number of rotatable bonds is 2. The second-order valence-corrected chi connectivity index (χ2v) is 4.56. The Kier molecular flexibility index (Phi) is 2.95. The molecule has 5 nitrogen and oxygen atoms in total. The van der Waals surface area contributed by atoms with Crippen molar-refractivity contribution < 1.29 is 4.74 Å². The van der Waals surface area contributed by atoms with E-state index in [4.69, 9.17) is 10.5 Å². The molecule has 100 valence electrons. The van der Waals surface area contributed by atoms with E-state index >= 15 is 0 Å². The number of aromatic nitrogens is 3. The number of nitrogens with two attached hydrogens (primary N) is 1. The molecule has 0 amide bonds. The highest BCUT2D eigenvalue weighted by Gasteiger charge is 2.13. The summed E-state index contributed by atoms with van der Waals surface area (Å²) >= 11 is 0. The molecule has 0 saturated carbocycles. The van der Waals surface area contributed by atoms with Crippen LogP contribution in [0.15, 0.2) is 36.7 Å². The van der Waals surface area contributed by atoms with Gasteiger partial charge in [0.15, 0.2) is 5.82 Å². The molecule has 2 N–H and O–H groups in total. The van der Waals surface area contributed by atoms with Gasteiger partial charge in [0, 0.05) is 28.7 Å². The Morgan fingerprint density at radius 3 is 2.75 bits per heavy atom. The Labute approximate surface area is 116 Å². The van der Waals surface area contributed by atoms with Crippen LogP contribution in [0.3, 0.4) is 0 Å². The van der Waals surface area contributed by atoms with Crippen LogP contribution in [0.5, 0.6) is 5.75 Å². The molecule has 3 aromatic rings. The third-order valence-electron chi connectivity index (χ3n) is 3.22. The average Bonchev–Trinajstić information content (AvgIpc) is 2.48. The summed E-state index contributed by atoms with van der Waals surface area (Å²) in [6, 6.07) is 7.85. The Balaban J connectivity index is 2.33. The molecule has 0 bridgehead atoms. The van der Waals surface area contributed by atoms with Gasteiger partial charge >= 0.3 is 0 Å². The van der Waals surface area contributed by atoms with Crippen LogP contribution in [0.4, 0.5) is 5.82 Å². The number of ether oxygens (including phenoxy) is 1. The number of methoxy groups -OCH3 is 1. The van der Waals surface area contributed by atoms with Crippen LogP contribution in [0.2, 0.25) is 0 Å². The molecule has 0 unspecified atom stereocenters. The van der Waals surface area contributed by atoms with E-state index < -0.39 is 0 Å². The number of aryl methyl sites for hydroxylation is 1. The zero-order valence-corrected chi connectivity index (χ0v) is 11.3. The lowest BCUT2D eigenvalue weighted by atomic mass is 10.0. The van der Waals surface area contributed by atoms with Gasteiger partial charge in [-0.05, 0) is 30.7 Å². The maximum atomic E-state index is 5.85. The summed E-state index contributed by atoms with van der Waals surface area (Å²) in [6.45, 7) is 2.02. The van der Waals surface area contributed by atoms with E-state index in [2.05, 4.69) is 15.2 Å². The summed E-state index contributed by atoms with van der Waals surface area (Å²) in [7, 11) is 1.65. The topological polar surface area (TPSA) is 73.9 Å². The number of pyridine rings is 1. The van der Waals surface area contributed by atoms with Crippen LogP contribution in [-0.4, -0.2) is 22.3 Å². The highest BCUT2D eigenvalue weighted by atomic mass is 16.5. The van der Waals surface area contributed by atoms with Crippen molar-refractivity contribution in [3.05, 3.63) is 42.2 Å². The molecule has 0 aliphatic rings. The Hall–Kier alpha value is -2.69. The van der Waals surface area contributed by atoms with E-state index in [1.165, 1.54) is 0 Å². The molecule has 0 atom stereocenters. The van der Waals surface area contributed by atoms with Gasteiger partial charge in [-0.25, -0.2) is 0 Å². The van der Waals surface area contributed by atoms with Crippen molar-refractivity contribution in [1.82, 2.24) is 15.2 Å². The normalized spacial score (nSPS) is 10.7. The van der Waals surface area contributed by atoms with Crippen molar-refractivity contribution in [2.24, 2.45) is 0 Å². The van der Waals surface area contributed by atoms with E-state index in [0.29, 0.717) is 5.82 Å². The SMILES string of the molecule is COc1cc(C)ccc1-c1nnc(N)c2cnccc12. The molecule has 2 heterocycles. The molecule has 0 radical (unpaired) electrons. The molecule has 2 aromatic heterocycles. The van der Waals surface area contributed by atoms with Crippen molar-refractivity contribution in [1.29, 1.82) is 0 Å². The molecule has 0 aliphatic carbocycles. The summed E-state index contributed by atoms with van der Waals surface area (Å²) in [4.78, 5) is 4.09. The fraction of sp³-hybridized carbons (Fsp3) is 0.133. The van der Waals surface area contributed by atoms with E-state index in [1.54, 1.807) is 19.5 Å². The largest absolute Gasteiger partial charge is 0.496 e. The Morgan fingerprint density at radius 2 is 1.95 bits per heavy atom. The van der Waals surface area contributed by atoms with Gasteiger partial charge in [0.2, 0.25) is 0 Å². The molecule has 20 heavy (non-hydrogen) atoms. The summed E-state index contributed by atoms with van der Waals surface area (Å²) in [5.41, 5.74) is 8.61. The number of benzene rings is 1. The molecular weight excluding hydrogens is 252 g/mol. The minimum Gasteiger partial charge on any atom is -0.496 e. The van der Waals surface area contributed by atoms with Gasteiger partial charge in [0.25, 0.3) is 0 Å².